The molecule has 0 bridgehead atoms. The number of nitrogens with one attached hydrogen (secondary N) is 2. The van der Waals surface area contributed by atoms with Gasteiger partial charge < -0.3 is 30.0 Å². The minimum atomic E-state index is -0.822. The number of methoxy groups -OCH3 is 3. The lowest BCUT2D eigenvalue weighted by Crippen LogP contribution is -2.35. The monoisotopic (exact) mass is 538 g/mol. The van der Waals surface area contributed by atoms with Gasteiger partial charge in [-0.05, 0) is 66.0 Å². The number of fused-ring (bicyclic) bond motifs is 3. The molecule has 2 aliphatic carbocycles. The normalized spacial score (nSPS) is 17.6. The van der Waals surface area contributed by atoms with Gasteiger partial charge in [0.25, 0.3) is 0 Å². The molecule has 0 saturated heterocycles. The van der Waals surface area contributed by atoms with Crippen LogP contribution in [-0.2, 0) is 16.0 Å². The number of carbonyl (C=O) groups excluding carboxylic acids is 1. The number of anilines is 1. The zero-order valence-corrected chi connectivity index (χ0v) is 23.1. The Kier molecular flexibility index (Phi) is 8.67. The summed E-state index contributed by atoms with van der Waals surface area (Å²) in [5.41, 5.74) is 2.95. The van der Waals surface area contributed by atoms with E-state index < -0.39 is 12.0 Å². The topological polar surface area (TPSA) is 123 Å². The Balaban J connectivity index is 1.85. The zero-order chi connectivity index (χ0) is 28.2. The molecule has 0 aromatic heterocycles. The van der Waals surface area contributed by atoms with Gasteiger partial charge in [0.2, 0.25) is 17.1 Å². The van der Waals surface area contributed by atoms with E-state index in [9.17, 15) is 19.5 Å². The minimum absolute atomic E-state index is 0.0699. The third-order valence-corrected chi connectivity index (χ3v) is 8.01. The van der Waals surface area contributed by atoms with Crippen LogP contribution in [0.3, 0.4) is 0 Å². The minimum Gasteiger partial charge on any atom is -0.493 e. The highest BCUT2D eigenvalue weighted by molar-refractivity contribution is 5.83. The molecule has 2 aromatic rings. The first-order chi connectivity index (χ1) is 18.7. The molecule has 0 radical (unpaired) electrons. The Bertz CT molecular complexity index is 1300. The Morgan fingerprint density at radius 3 is 2.36 bits per heavy atom. The number of ether oxygens (including phenoxy) is 3. The van der Waals surface area contributed by atoms with Gasteiger partial charge in [-0.25, -0.2) is 0 Å². The quantitative estimate of drug-likeness (QED) is 0.420. The highest BCUT2D eigenvalue weighted by Crippen LogP contribution is 2.50. The lowest BCUT2D eigenvalue weighted by Gasteiger charge is -2.36. The van der Waals surface area contributed by atoms with Crippen LogP contribution in [0.4, 0.5) is 5.69 Å². The summed E-state index contributed by atoms with van der Waals surface area (Å²) in [5, 5.41) is 15.9. The number of hydrogen-bond donors (Lipinski definition) is 3. The van der Waals surface area contributed by atoms with E-state index in [4.69, 9.17) is 14.2 Å². The van der Waals surface area contributed by atoms with Gasteiger partial charge in [0.15, 0.2) is 11.5 Å². The number of carboxylic acids is 1. The third-order valence-electron chi connectivity index (χ3n) is 8.01. The molecule has 0 aliphatic heterocycles. The molecule has 3 N–H and O–H groups in total. The Morgan fingerprint density at radius 1 is 1.03 bits per heavy atom. The Morgan fingerprint density at radius 2 is 1.74 bits per heavy atom. The van der Waals surface area contributed by atoms with Crippen molar-refractivity contribution in [3.63, 3.8) is 0 Å². The van der Waals surface area contributed by atoms with E-state index in [1.807, 2.05) is 12.1 Å². The van der Waals surface area contributed by atoms with Gasteiger partial charge >= 0.3 is 5.97 Å². The predicted octanol–water partition coefficient (Wildman–Crippen LogP) is 4.70. The fraction of sp³-hybridized carbons (Fsp3) is 0.500. The summed E-state index contributed by atoms with van der Waals surface area (Å²) < 4.78 is 17.1. The van der Waals surface area contributed by atoms with Gasteiger partial charge in [-0.3, -0.25) is 14.4 Å². The molecule has 1 amide bonds. The van der Waals surface area contributed by atoms with Crippen LogP contribution in [0.5, 0.6) is 17.2 Å². The van der Waals surface area contributed by atoms with Crippen molar-refractivity contribution in [2.45, 2.75) is 64.3 Å². The highest BCUT2D eigenvalue weighted by Gasteiger charge is 2.35. The number of benzene rings is 1. The van der Waals surface area contributed by atoms with Crippen molar-refractivity contribution < 1.29 is 28.9 Å². The largest absolute Gasteiger partial charge is 0.493 e. The van der Waals surface area contributed by atoms with E-state index in [-0.39, 0.29) is 23.2 Å². The van der Waals surface area contributed by atoms with Gasteiger partial charge in [-0.1, -0.05) is 25.3 Å². The zero-order valence-electron chi connectivity index (χ0n) is 23.1. The molecule has 1 saturated carbocycles. The third kappa shape index (κ3) is 5.97. The Labute approximate surface area is 228 Å². The molecule has 2 aliphatic rings. The fourth-order valence-electron chi connectivity index (χ4n) is 6.18. The smallest absolute Gasteiger partial charge is 0.303 e. The summed E-state index contributed by atoms with van der Waals surface area (Å²) in [6.07, 6.45) is 5.95. The predicted molar refractivity (Wildman–Crippen MR) is 149 cm³/mol. The van der Waals surface area contributed by atoms with E-state index >= 15 is 0 Å². The lowest BCUT2D eigenvalue weighted by molar-refractivity contribution is -0.140. The summed E-state index contributed by atoms with van der Waals surface area (Å²) in [4.78, 5) is 37.4. The van der Waals surface area contributed by atoms with Gasteiger partial charge in [-0.2, -0.15) is 0 Å². The number of amides is 1. The van der Waals surface area contributed by atoms with Crippen LogP contribution in [0.25, 0.3) is 11.1 Å². The van der Waals surface area contributed by atoms with Crippen molar-refractivity contribution in [2.24, 2.45) is 5.41 Å². The molecule has 39 heavy (non-hydrogen) atoms. The molecular weight excluding hydrogens is 500 g/mol. The average molecular weight is 539 g/mol. The maximum atomic E-state index is 13.6. The second kappa shape index (κ2) is 12.0. The number of aliphatic carboxylic acids is 1. The molecular formula is C30H38N2O7. The van der Waals surface area contributed by atoms with Crippen molar-refractivity contribution in [3.8, 4) is 28.4 Å². The maximum Gasteiger partial charge on any atom is 0.303 e. The molecule has 210 valence electrons. The molecule has 2 aromatic carbocycles. The van der Waals surface area contributed by atoms with Crippen LogP contribution < -0.4 is 30.3 Å². The molecule has 9 heteroatoms. The van der Waals surface area contributed by atoms with Gasteiger partial charge in [0, 0.05) is 19.0 Å². The fourth-order valence-corrected chi connectivity index (χ4v) is 6.18. The summed E-state index contributed by atoms with van der Waals surface area (Å²) >= 11 is 0. The lowest BCUT2D eigenvalue weighted by atomic mass is 9.71. The number of hydrogen-bond acceptors (Lipinski definition) is 7. The standard InChI is InChI=1S/C30H38N2O7/c1-18(33)32-22-10-8-19-14-25(37-2)28(38-3)29(39-4)27(19)20-9-11-23(24(34)15-21(20)22)31-17-30(16-26(35)36)12-6-5-7-13-30/h9,11,14-15,22H,5-8,10,12-13,16-17H2,1-4H3,(H,31,34)(H,32,33)(H,35,36). The SMILES string of the molecule is COc1cc2c(c(OC)c1OC)-c1ccc(NCC3(CC(=O)O)CCCCC3)c(=O)cc1C(NC(C)=O)CC2. The van der Waals surface area contributed by atoms with Crippen LogP contribution in [0.1, 0.15) is 69.0 Å². The van der Waals surface area contributed by atoms with E-state index in [1.165, 1.54) is 6.92 Å². The van der Waals surface area contributed by atoms with Gasteiger partial charge in [-0.15, -0.1) is 0 Å². The van der Waals surface area contributed by atoms with E-state index in [2.05, 4.69) is 10.6 Å². The van der Waals surface area contributed by atoms with Crippen molar-refractivity contribution in [3.05, 3.63) is 45.6 Å². The first kappa shape index (κ1) is 28.3. The van der Waals surface area contributed by atoms with E-state index in [0.717, 1.165) is 48.8 Å². The second-order valence-electron chi connectivity index (χ2n) is 10.6. The molecule has 0 heterocycles. The van der Waals surface area contributed by atoms with Crippen molar-refractivity contribution in [1.82, 2.24) is 5.32 Å². The molecule has 1 fully saturated rings. The first-order valence-corrected chi connectivity index (χ1v) is 13.4. The molecule has 4 rings (SSSR count). The second-order valence-corrected chi connectivity index (χ2v) is 10.6. The van der Waals surface area contributed by atoms with Crippen LogP contribution >= 0.6 is 0 Å². The molecule has 1 atom stereocenters. The summed E-state index contributed by atoms with van der Waals surface area (Å²) in [5.74, 6) is 0.466. The van der Waals surface area contributed by atoms with Crippen LogP contribution in [0.2, 0.25) is 0 Å². The molecule has 9 nitrogen and oxygen atoms in total. The van der Waals surface area contributed by atoms with Crippen molar-refractivity contribution in [2.75, 3.05) is 33.2 Å². The Hall–Kier alpha value is -3.75. The first-order valence-electron chi connectivity index (χ1n) is 13.4. The van der Waals surface area contributed by atoms with Crippen LogP contribution in [-0.4, -0.2) is 44.9 Å². The molecule has 0 spiro atoms. The maximum absolute atomic E-state index is 13.6. The summed E-state index contributed by atoms with van der Waals surface area (Å²) in [6.45, 7) is 1.87. The highest BCUT2D eigenvalue weighted by atomic mass is 16.5. The molecule has 1 unspecified atom stereocenters. The van der Waals surface area contributed by atoms with Crippen LogP contribution in [0, 0.1) is 5.41 Å². The summed E-state index contributed by atoms with van der Waals surface area (Å²) in [6, 6.07) is 6.72. The number of rotatable bonds is 9. The number of carboxylic acid groups (broad SMARTS) is 1. The number of aryl methyl sites for hydroxylation is 1. The summed E-state index contributed by atoms with van der Waals surface area (Å²) in [7, 11) is 4.68. The van der Waals surface area contributed by atoms with Crippen molar-refractivity contribution >= 4 is 17.6 Å². The van der Waals surface area contributed by atoms with Crippen molar-refractivity contribution in [1.29, 1.82) is 0 Å². The van der Waals surface area contributed by atoms with Crippen LogP contribution in [0.15, 0.2) is 29.1 Å². The van der Waals surface area contributed by atoms with E-state index in [0.29, 0.717) is 47.9 Å². The van der Waals surface area contributed by atoms with Gasteiger partial charge in [0.1, 0.15) is 0 Å². The average Bonchev–Trinajstić information content (AvgIpc) is 3.15. The van der Waals surface area contributed by atoms with E-state index in [1.54, 1.807) is 33.5 Å². The number of carbonyl (C=O) groups is 2. The van der Waals surface area contributed by atoms with Gasteiger partial charge in [0.05, 0.1) is 39.5 Å².